The number of hydrogen-bond acceptors (Lipinski definition) is 7. The number of methoxy groups -OCH3 is 1. The van der Waals surface area contributed by atoms with Crippen molar-refractivity contribution in [3.8, 4) is 5.75 Å². The van der Waals surface area contributed by atoms with E-state index in [4.69, 9.17) is 9.47 Å². The van der Waals surface area contributed by atoms with E-state index in [1.807, 2.05) is 11.9 Å². The van der Waals surface area contributed by atoms with Gasteiger partial charge in [-0.1, -0.05) is 0 Å². The summed E-state index contributed by atoms with van der Waals surface area (Å²) in [4.78, 5) is 20.2. The molecule has 2 fully saturated rings. The third-order valence-electron chi connectivity index (χ3n) is 8.27. The summed E-state index contributed by atoms with van der Waals surface area (Å²) in [6.07, 6.45) is 4.35. The zero-order valence-electron chi connectivity index (χ0n) is 24.4. The van der Waals surface area contributed by atoms with Crippen LogP contribution in [0.15, 0.2) is 17.0 Å². The second kappa shape index (κ2) is 13.6. The SMILES string of the molecule is COc1cc(C)c(S(=O)(=O)N(C)CCOCC(=O)N(C)C2CCCC(N3CCN(C(C)C)CC3)C2)c(C)c1. The highest BCUT2D eigenvalue weighted by atomic mass is 32.2. The molecular formula is C28H48N4O5S. The number of aryl methyl sites for hydroxylation is 2. The van der Waals surface area contributed by atoms with Crippen LogP contribution in [-0.2, 0) is 19.6 Å². The molecule has 1 aromatic rings. The largest absolute Gasteiger partial charge is 0.497 e. The number of likely N-dealkylation sites (N-methyl/N-ethyl adjacent to an activating group) is 2. The second-order valence-corrected chi connectivity index (χ2v) is 13.1. The lowest BCUT2D eigenvalue weighted by molar-refractivity contribution is -0.138. The summed E-state index contributed by atoms with van der Waals surface area (Å²) in [5.41, 5.74) is 1.28. The average molecular weight is 553 g/mol. The van der Waals surface area contributed by atoms with Crippen molar-refractivity contribution in [2.45, 2.75) is 76.4 Å². The van der Waals surface area contributed by atoms with E-state index >= 15 is 0 Å². The van der Waals surface area contributed by atoms with Crippen LogP contribution in [-0.4, -0.2) is 119 Å². The maximum Gasteiger partial charge on any atom is 0.248 e. The highest BCUT2D eigenvalue weighted by molar-refractivity contribution is 7.89. The van der Waals surface area contributed by atoms with Gasteiger partial charge in [0.25, 0.3) is 0 Å². The fourth-order valence-corrected chi connectivity index (χ4v) is 7.37. The summed E-state index contributed by atoms with van der Waals surface area (Å²) in [5.74, 6) is 0.582. The molecule has 2 unspecified atom stereocenters. The molecule has 0 radical (unpaired) electrons. The number of benzene rings is 1. The van der Waals surface area contributed by atoms with Gasteiger partial charge in [0, 0.05) is 64.9 Å². The Kier molecular flexibility index (Phi) is 11.0. The lowest BCUT2D eigenvalue weighted by atomic mass is 9.88. The number of nitrogens with zero attached hydrogens (tertiary/aromatic N) is 4. The van der Waals surface area contributed by atoms with Crippen molar-refractivity contribution >= 4 is 15.9 Å². The van der Waals surface area contributed by atoms with Crippen LogP contribution in [0.5, 0.6) is 5.75 Å². The first-order chi connectivity index (χ1) is 17.9. The Balaban J connectivity index is 1.45. The van der Waals surface area contributed by atoms with E-state index in [9.17, 15) is 13.2 Å². The van der Waals surface area contributed by atoms with Gasteiger partial charge in [-0.2, -0.15) is 4.31 Å². The van der Waals surface area contributed by atoms with E-state index in [1.54, 1.807) is 40.1 Å². The number of hydrogen-bond donors (Lipinski definition) is 0. The Labute approximate surface area is 230 Å². The molecule has 3 rings (SSSR count). The van der Waals surface area contributed by atoms with Crippen molar-refractivity contribution < 1.29 is 22.7 Å². The molecule has 1 heterocycles. The van der Waals surface area contributed by atoms with Crippen LogP contribution in [0.1, 0.15) is 50.7 Å². The van der Waals surface area contributed by atoms with Gasteiger partial charge in [-0.3, -0.25) is 14.6 Å². The molecule has 0 aromatic heterocycles. The molecule has 0 N–H and O–H groups in total. The number of piperazine rings is 1. The van der Waals surface area contributed by atoms with Crippen LogP contribution >= 0.6 is 0 Å². The summed E-state index contributed by atoms with van der Waals surface area (Å²) in [5, 5.41) is 0. The maximum atomic E-state index is 13.2. The summed E-state index contributed by atoms with van der Waals surface area (Å²) >= 11 is 0. The normalized spacial score (nSPS) is 21.7. The predicted molar refractivity (Wildman–Crippen MR) is 150 cm³/mol. The molecule has 1 amide bonds. The highest BCUT2D eigenvalue weighted by Crippen LogP contribution is 2.29. The summed E-state index contributed by atoms with van der Waals surface area (Å²) in [6.45, 7) is 12.8. The Hall–Kier alpha value is -1.72. The van der Waals surface area contributed by atoms with Crippen molar-refractivity contribution in [3.63, 3.8) is 0 Å². The number of ether oxygens (including phenoxy) is 2. The quantitative estimate of drug-likeness (QED) is 0.391. The fraction of sp³-hybridized carbons (Fsp3) is 0.750. The first kappa shape index (κ1) is 30.8. The van der Waals surface area contributed by atoms with Crippen LogP contribution in [0.25, 0.3) is 0 Å². The molecule has 1 saturated carbocycles. The van der Waals surface area contributed by atoms with E-state index in [0.29, 0.717) is 29.0 Å². The minimum atomic E-state index is -3.69. The van der Waals surface area contributed by atoms with Crippen LogP contribution in [0.2, 0.25) is 0 Å². The van der Waals surface area contributed by atoms with Gasteiger partial charge >= 0.3 is 0 Å². The Morgan fingerprint density at radius 1 is 1.08 bits per heavy atom. The summed E-state index contributed by atoms with van der Waals surface area (Å²) in [7, 11) is 1.29. The highest BCUT2D eigenvalue weighted by Gasteiger charge is 2.32. The molecule has 1 aliphatic carbocycles. The Morgan fingerprint density at radius 3 is 2.29 bits per heavy atom. The van der Waals surface area contributed by atoms with Gasteiger partial charge in [0.15, 0.2) is 0 Å². The van der Waals surface area contributed by atoms with Gasteiger partial charge in [0.1, 0.15) is 12.4 Å². The molecule has 9 nitrogen and oxygen atoms in total. The molecule has 0 spiro atoms. The lowest BCUT2D eigenvalue weighted by Crippen LogP contribution is -2.54. The zero-order valence-corrected chi connectivity index (χ0v) is 25.2. The monoisotopic (exact) mass is 552 g/mol. The molecule has 0 bridgehead atoms. The van der Waals surface area contributed by atoms with Crippen molar-refractivity contribution in [1.29, 1.82) is 0 Å². The standard InChI is InChI=1S/C28H48N4O5S/c1-21(2)31-11-13-32(14-12-31)25-10-8-9-24(19-25)30(6)27(33)20-37-16-15-29(5)38(34,35)28-22(3)17-26(36-7)18-23(28)4/h17-18,21,24-25H,8-16,19-20H2,1-7H3. The van der Waals surface area contributed by atoms with E-state index in [0.717, 1.165) is 45.4 Å². The summed E-state index contributed by atoms with van der Waals surface area (Å²) in [6, 6.07) is 4.79. The van der Waals surface area contributed by atoms with Crippen LogP contribution in [0.4, 0.5) is 0 Å². The third-order valence-corrected chi connectivity index (χ3v) is 10.4. The van der Waals surface area contributed by atoms with Crippen molar-refractivity contribution in [3.05, 3.63) is 23.3 Å². The lowest BCUT2D eigenvalue weighted by Gasteiger charge is -2.44. The zero-order chi connectivity index (χ0) is 28.0. The van der Waals surface area contributed by atoms with Crippen molar-refractivity contribution in [2.75, 3.05) is 67.1 Å². The molecule has 1 aliphatic heterocycles. The molecule has 38 heavy (non-hydrogen) atoms. The van der Waals surface area contributed by atoms with Gasteiger partial charge in [-0.05, 0) is 76.6 Å². The third kappa shape index (κ3) is 7.47. The molecular weight excluding hydrogens is 504 g/mol. The topological polar surface area (TPSA) is 82.6 Å². The minimum absolute atomic E-state index is 0.0425. The van der Waals surface area contributed by atoms with Gasteiger partial charge < -0.3 is 14.4 Å². The van der Waals surface area contributed by atoms with Crippen molar-refractivity contribution in [1.82, 2.24) is 19.0 Å². The first-order valence-electron chi connectivity index (χ1n) is 13.9. The summed E-state index contributed by atoms with van der Waals surface area (Å²) < 4.78 is 38.5. The van der Waals surface area contributed by atoms with Gasteiger partial charge in [0.2, 0.25) is 15.9 Å². The minimum Gasteiger partial charge on any atom is -0.497 e. The number of carbonyl (C=O) groups is 1. The van der Waals surface area contributed by atoms with E-state index in [-0.39, 0.29) is 36.6 Å². The maximum absolute atomic E-state index is 13.2. The van der Waals surface area contributed by atoms with Gasteiger partial charge in [-0.25, -0.2) is 8.42 Å². The number of rotatable bonds is 11. The molecule has 10 heteroatoms. The predicted octanol–water partition coefficient (Wildman–Crippen LogP) is 2.74. The van der Waals surface area contributed by atoms with Crippen LogP contribution in [0, 0.1) is 13.8 Å². The Morgan fingerprint density at radius 2 is 1.71 bits per heavy atom. The average Bonchev–Trinajstić information content (AvgIpc) is 2.89. The first-order valence-corrected chi connectivity index (χ1v) is 15.3. The van der Waals surface area contributed by atoms with E-state index in [1.165, 1.54) is 10.7 Å². The second-order valence-electron chi connectivity index (χ2n) is 11.1. The van der Waals surface area contributed by atoms with Gasteiger partial charge in [0.05, 0.1) is 18.6 Å². The molecule has 1 saturated heterocycles. The number of sulfonamides is 1. The van der Waals surface area contributed by atoms with Crippen LogP contribution in [0.3, 0.4) is 0 Å². The van der Waals surface area contributed by atoms with E-state index < -0.39 is 10.0 Å². The Bertz CT molecular complexity index is 1020. The molecule has 2 atom stereocenters. The van der Waals surface area contributed by atoms with Crippen molar-refractivity contribution in [2.24, 2.45) is 0 Å². The smallest absolute Gasteiger partial charge is 0.248 e. The van der Waals surface area contributed by atoms with Crippen LogP contribution < -0.4 is 4.74 Å². The molecule has 2 aliphatic rings. The van der Waals surface area contributed by atoms with Gasteiger partial charge in [-0.15, -0.1) is 0 Å². The molecule has 1 aromatic carbocycles. The number of carbonyl (C=O) groups excluding carboxylic acids is 1. The van der Waals surface area contributed by atoms with E-state index in [2.05, 4.69) is 23.6 Å². The fourth-order valence-electron chi connectivity index (χ4n) is 5.81. The molecule has 216 valence electrons. The number of amides is 1.